The van der Waals surface area contributed by atoms with Crippen molar-refractivity contribution in [3.8, 4) is 11.5 Å². The molecular weight excluding hydrogens is 418 g/mol. The van der Waals surface area contributed by atoms with E-state index in [1.54, 1.807) is 19.4 Å². The van der Waals surface area contributed by atoms with Gasteiger partial charge in [0.05, 0.1) is 13.3 Å². The maximum atomic E-state index is 6.30. The second-order valence-electron chi connectivity index (χ2n) is 7.02. The molecule has 0 aromatic heterocycles. The first-order chi connectivity index (χ1) is 14.3. The molecular formula is C23H28ClN3O2S. The van der Waals surface area contributed by atoms with E-state index in [-0.39, 0.29) is 0 Å². The predicted octanol–water partition coefficient (Wildman–Crippen LogP) is 5.34. The van der Waals surface area contributed by atoms with Crippen molar-refractivity contribution in [1.82, 2.24) is 10.7 Å². The number of ether oxygens (including phenoxy) is 2. The summed E-state index contributed by atoms with van der Waals surface area (Å²) < 4.78 is 11.7. The fourth-order valence-corrected chi connectivity index (χ4v) is 3.07. The van der Waals surface area contributed by atoms with Crippen molar-refractivity contribution in [3.63, 3.8) is 0 Å². The van der Waals surface area contributed by atoms with E-state index < -0.39 is 0 Å². The summed E-state index contributed by atoms with van der Waals surface area (Å²) in [6.45, 7) is 10.8. The van der Waals surface area contributed by atoms with E-state index in [0.29, 0.717) is 24.2 Å². The zero-order valence-electron chi connectivity index (χ0n) is 17.8. The van der Waals surface area contributed by atoms with Crippen LogP contribution >= 0.6 is 23.8 Å². The van der Waals surface area contributed by atoms with E-state index in [2.05, 4.69) is 36.3 Å². The van der Waals surface area contributed by atoms with Gasteiger partial charge in [-0.25, -0.2) is 0 Å². The van der Waals surface area contributed by atoms with Gasteiger partial charge in [-0.05, 0) is 72.1 Å². The highest BCUT2D eigenvalue weighted by molar-refractivity contribution is 7.80. The topological polar surface area (TPSA) is 54.9 Å². The molecule has 0 unspecified atom stereocenters. The summed E-state index contributed by atoms with van der Waals surface area (Å²) in [6.07, 6.45) is 3.41. The number of methoxy groups -OCH3 is 1. The van der Waals surface area contributed by atoms with Crippen LogP contribution in [0.2, 0.25) is 5.02 Å². The number of hydrogen-bond donors (Lipinski definition) is 2. The summed E-state index contributed by atoms with van der Waals surface area (Å²) in [6, 6.07) is 9.75. The summed E-state index contributed by atoms with van der Waals surface area (Å²) in [4.78, 5) is 0. The number of nitrogens with one attached hydrogen (secondary N) is 2. The third kappa shape index (κ3) is 6.75. The molecule has 2 rings (SSSR count). The first-order valence-electron chi connectivity index (χ1n) is 9.63. The SMILES string of the molecule is C=CCNC(=S)N/N=C\c1ccc(OC)c(COc2cc(C)c(Cl)cc2C(C)C)c1. The van der Waals surface area contributed by atoms with E-state index in [1.807, 2.05) is 37.3 Å². The van der Waals surface area contributed by atoms with Crippen LogP contribution in [0.15, 0.2) is 48.1 Å². The molecule has 0 fully saturated rings. The highest BCUT2D eigenvalue weighted by Gasteiger charge is 2.13. The van der Waals surface area contributed by atoms with Crippen LogP contribution in [0.3, 0.4) is 0 Å². The molecule has 5 nitrogen and oxygen atoms in total. The van der Waals surface area contributed by atoms with E-state index in [9.17, 15) is 0 Å². The molecule has 2 aromatic carbocycles. The molecule has 0 atom stereocenters. The van der Waals surface area contributed by atoms with Crippen LogP contribution in [0.25, 0.3) is 0 Å². The van der Waals surface area contributed by atoms with Gasteiger partial charge in [0.1, 0.15) is 18.1 Å². The van der Waals surface area contributed by atoms with Gasteiger partial charge in [-0.3, -0.25) is 5.43 Å². The number of rotatable bonds is 9. The Balaban J connectivity index is 2.16. The largest absolute Gasteiger partial charge is 0.496 e. The Bertz CT molecular complexity index is 929. The summed E-state index contributed by atoms with van der Waals surface area (Å²) in [5, 5.41) is 8.29. The number of hydrogen-bond acceptors (Lipinski definition) is 4. The Morgan fingerprint density at radius 1 is 1.27 bits per heavy atom. The van der Waals surface area contributed by atoms with Crippen LogP contribution in [-0.2, 0) is 6.61 Å². The van der Waals surface area contributed by atoms with E-state index in [0.717, 1.165) is 38.8 Å². The first-order valence-corrected chi connectivity index (χ1v) is 10.4. The average molecular weight is 446 g/mol. The van der Waals surface area contributed by atoms with Crippen LogP contribution in [0.1, 0.15) is 42.0 Å². The lowest BCUT2D eigenvalue weighted by atomic mass is 10.0. The molecule has 0 aliphatic heterocycles. The quantitative estimate of drug-likeness (QED) is 0.236. The zero-order chi connectivity index (χ0) is 22.1. The lowest BCUT2D eigenvalue weighted by molar-refractivity contribution is 0.292. The molecule has 0 aliphatic carbocycles. The molecule has 0 saturated heterocycles. The highest BCUT2D eigenvalue weighted by atomic mass is 35.5. The Hall–Kier alpha value is -2.57. The third-order valence-corrected chi connectivity index (χ3v) is 5.03. The van der Waals surface area contributed by atoms with Crippen molar-refractivity contribution in [2.75, 3.05) is 13.7 Å². The smallest absolute Gasteiger partial charge is 0.187 e. The summed E-state index contributed by atoms with van der Waals surface area (Å²) in [5.74, 6) is 1.87. The van der Waals surface area contributed by atoms with Gasteiger partial charge in [0.25, 0.3) is 0 Å². The van der Waals surface area contributed by atoms with Crippen LogP contribution in [0.4, 0.5) is 0 Å². The Labute approximate surface area is 189 Å². The van der Waals surface area contributed by atoms with Gasteiger partial charge in [0.2, 0.25) is 0 Å². The number of benzene rings is 2. The fraction of sp³-hybridized carbons (Fsp3) is 0.304. The Morgan fingerprint density at radius 2 is 2.03 bits per heavy atom. The number of aryl methyl sites for hydroxylation is 1. The maximum Gasteiger partial charge on any atom is 0.187 e. The van der Waals surface area contributed by atoms with Gasteiger partial charge in [0.15, 0.2) is 5.11 Å². The molecule has 0 amide bonds. The molecule has 0 bridgehead atoms. The molecule has 0 aliphatic rings. The standard InChI is InChI=1S/C23H28ClN3O2S/c1-6-9-25-23(30)27-26-13-17-7-8-21(28-5)18(11-17)14-29-22-10-16(4)20(24)12-19(22)15(2)3/h6-8,10-13,15H,1,9,14H2,2-5H3,(H2,25,27,30)/b26-13-. The van der Waals surface area contributed by atoms with Crippen molar-refractivity contribution >= 4 is 35.1 Å². The maximum absolute atomic E-state index is 6.30. The first kappa shape index (κ1) is 23.7. The number of halogens is 1. The van der Waals surface area contributed by atoms with Gasteiger partial charge in [0, 0.05) is 17.1 Å². The normalized spacial score (nSPS) is 10.9. The molecule has 7 heteroatoms. The van der Waals surface area contributed by atoms with Crippen LogP contribution in [0, 0.1) is 6.92 Å². The van der Waals surface area contributed by atoms with E-state index >= 15 is 0 Å². The molecule has 0 saturated carbocycles. The van der Waals surface area contributed by atoms with Crippen molar-refractivity contribution < 1.29 is 9.47 Å². The Morgan fingerprint density at radius 3 is 2.70 bits per heavy atom. The van der Waals surface area contributed by atoms with Gasteiger partial charge < -0.3 is 14.8 Å². The minimum Gasteiger partial charge on any atom is -0.496 e. The molecule has 2 N–H and O–H groups in total. The number of nitrogens with zero attached hydrogens (tertiary/aromatic N) is 1. The van der Waals surface area contributed by atoms with E-state index in [4.69, 9.17) is 33.3 Å². The lowest BCUT2D eigenvalue weighted by Gasteiger charge is -2.17. The average Bonchev–Trinajstić information content (AvgIpc) is 2.72. The monoisotopic (exact) mass is 445 g/mol. The van der Waals surface area contributed by atoms with E-state index in [1.165, 1.54) is 0 Å². The summed E-state index contributed by atoms with van der Waals surface area (Å²) in [5.41, 5.74) is 6.64. The van der Waals surface area contributed by atoms with Gasteiger partial charge in [-0.15, -0.1) is 6.58 Å². The molecule has 2 aromatic rings. The highest BCUT2D eigenvalue weighted by Crippen LogP contribution is 2.33. The van der Waals surface area contributed by atoms with Crippen molar-refractivity contribution in [1.29, 1.82) is 0 Å². The van der Waals surface area contributed by atoms with Crippen molar-refractivity contribution in [2.24, 2.45) is 5.10 Å². The van der Waals surface area contributed by atoms with Gasteiger partial charge >= 0.3 is 0 Å². The van der Waals surface area contributed by atoms with Crippen molar-refractivity contribution in [3.05, 3.63) is 70.3 Å². The minimum absolute atomic E-state index is 0.295. The summed E-state index contributed by atoms with van der Waals surface area (Å²) >= 11 is 11.4. The lowest BCUT2D eigenvalue weighted by Crippen LogP contribution is -2.31. The second-order valence-corrected chi connectivity index (χ2v) is 7.84. The van der Waals surface area contributed by atoms with Crippen LogP contribution in [-0.4, -0.2) is 25.0 Å². The molecule has 30 heavy (non-hydrogen) atoms. The number of hydrazone groups is 1. The van der Waals surface area contributed by atoms with Crippen LogP contribution < -0.4 is 20.2 Å². The molecule has 0 radical (unpaired) electrons. The fourth-order valence-electron chi connectivity index (χ4n) is 2.76. The number of thiocarbonyl (C=S) groups is 1. The van der Waals surface area contributed by atoms with Gasteiger partial charge in [-0.1, -0.05) is 31.5 Å². The van der Waals surface area contributed by atoms with Gasteiger partial charge in [-0.2, -0.15) is 5.10 Å². The molecule has 0 heterocycles. The molecule has 160 valence electrons. The predicted molar refractivity (Wildman–Crippen MR) is 129 cm³/mol. The minimum atomic E-state index is 0.295. The molecule has 0 spiro atoms. The zero-order valence-corrected chi connectivity index (χ0v) is 19.4. The van der Waals surface area contributed by atoms with Crippen LogP contribution in [0.5, 0.6) is 11.5 Å². The second kappa shape index (κ2) is 11.6. The Kier molecular flexibility index (Phi) is 9.15. The van der Waals surface area contributed by atoms with Crippen molar-refractivity contribution in [2.45, 2.75) is 33.3 Å². The third-order valence-electron chi connectivity index (χ3n) is 4.39. The summed E-state index contributed by atoms with van der Waals surface area (Å²) in [7, 11) is 1.64.